The first kappa shape index (κ1) is 21.1. The molecule has 5 aromatic rings. The van der Waals surface area contributed by atoms with Crippen LogP contribution in [0.25, 0.3) is 27.7 Å². The molecular weight excluding hydrogens is 449 g/mol. The molecule has 6 rings (SSSR count). The highest BCUT2D eigenvalue weighted by Crippen LogP contribution is 2.33. The summed E-state index contributed by atoms with van der Waals surface area (Å²) in [6.07, 6.45) is 11.1. The Hall–Kier alpha value is -3.46. The van der Waals surface area contributed by atoms with Crippen LogP contribution in [0.5, 0.6) is 0 Å². The summed E-state index contributed by atoms with van der Waals surface area (Å²) in [6, 6.07) is 10.4. The Kier molecular flexibility index (Phi) is 5.21. The number of rotatable bonds is 4. The third kappa shape index (κ3) is 3.79. The van der Waals surface area contributed by atoms with E-state index in [1.54, 1.807) is 15.3 Å². The average molecular weight is 474 g/mol. The van der Waals surface area contributed by atoms with Gasteiger partial charge in [0.2, 0.25) is 5.16 Å². The molecule has 0 unspecified atom stereocenters. The summed E-state index contributed by atoms with van der Waals surface area (Å²) in [6.45, 7) is 3.35. The predicted octanol–water partition coefficient (Wildman–Crippen LogP) is 5.35. The average Bonchev–Trinajstić information content (AvgIpc) is 3.45. The van der Waals surface area contributed by atoms with Gasteiger partial charge in [-0.2, -0.15) is 5.10 Å². The second-order valence-electron chi connectivity index (χ2n) is 8.84. The van der Waals surface area contributed by atoms with Crippen molar-refractivity contribution in [2.75, 3.05) is 11.4 Å². The predicted molar refractivity (Wildman–Crippen MR) is 132 cm³/mol. The maximum absolute atomic E-state index is 14.8. The van der Waals surface area contributed by atoms with E-state index in [0.717, 1.165) is 39.2 Å². The number of hydrogen-bond acceptors (Lipinski definition) is 6. The van der Waals surface area contributed by atoms with E-state index in [0.29, 0.717) is 11.2 Å². The van der Waals surface area contributed by atoms with Crippen molar-refractivity contribution in [1.29, 1.82) is 0 Å². The molecule has 5 heterocycles. The number of fused-ring (bicyclic) bond motifs is 2. The quantitative estimate of drug-likeness (QED) is 0.351. The van der Waals surface area contributed by atoms with Gasteiger partial charge in [0.1, 0.15) is 0 Å². The van der Waals surface area contributed by atoms with E-state index in [-0.39, 0.29) is 5.65 Å². The number of aromatic nitrogens is 6. The van der Waals surface area contributed by atoms with Crippen LogP contribution in [0.4, 0.5) is 10.1 Å². The Morgan fingerprint density at radius 3 is 2.76 bits per heavy atom. The lowest BCUT2D eigenvalue weighted by Crippen LogP contribution is -2.37. The standard InChI is InChI=1S/C25H24FN7S/c1-16-5-3-4-8-32(16)20-9-17-10-21(6-7-23(17)27-13-20)34-25-30-29-24-22(26)11-18(15-33(24)25)19-12-28-31(2)14-19/h6-7,9-16H,3-5,8H2,1-2H3/t16-/m0/s1. The molecule has 34 heavy (non-hydrogen) atoms. The normalized spacial score (nSPS) is 16.6. The number of nitrogens with zero attached hydrogens (tertiary/aromatic N) is 7. The van der Waals surface area contributed by atoms with Crippen LogP contribution in [-0.2, 0) is 7.05 Å². The van der Waals surface area contributed by atoms with Crippen molar-refractivity contribution < 1.29 is 4.39 Å². The lowest BCUT2D eigenvalue weighted by molar-refractivity contribution is 0.484. The highest BCUT2D eigenvalue weighted by molar-refractivity contribution is 7.99. The van der Waals surface area contributed by atoms with Gasteiger partial charge in [0.25, 0.3) is 0 Å². The van der Waals surface area contributed by atoms with Crippen LogP contribution in [0.2, 0.25) is 0 Å². The molecule has 0 radical (unpaired) electrons. The van der Waals surface area contributed by atoms with E-state index in [1.807, 2.05) is 37.8 Å². The Morgan fingerprint density at radius 1 is 1.03 bits per heavy atom. The van der Waals surface area contributed by atoms with Crippen molar-refractivity contribution in [2.24, 2.45) is 7.05 Å². The van der Waals surface area contributed by atoms with E-state index >= 15 is 0 Å². The van der Waals surface area contributed by atoms with Gasteiger partial charge in [0.15, 0.2) is 11.5 Å². The van der Waals surface area contributed by atoms with Gasteiger partial charge in [-0.15, -0.1) is 10.2 Å². The molecule has 0 saturated carbocycles. The van der Waals surface area contributed by atoms with Gasteiger partial charge in [-0.3, -0.25) is 14.1 Å². The molecule has 1 aliphatic heterocycles. The third-order valence-corrected chi connectivity index (χ3v) is 7.40. The second kappa shape index (κ2) is 8.39. The maximum atomic E-state index is 14.8. The summed E-state index contributed by atoms with van der Waals surface area (Å²) < 4.78 is 18.2. The van der Waals surface area contributed by atoms with Crippen LogP contribution in [-0.4, -0.2) is 41.9 Å². The molecule has 0 N–H and O–H groups in total. The van der Waals surface area contributed by atoms with E-state index in [9.17, 15) is 4.39 Å². The van der Waals surface area contributed by atoms with Crippen molar-refractivity contribution in [1.82, 2.24) is 29.4 Å². The fourth-order valence-electron chi connectivity index (χ4n) is 4.64. The van der Waals surface area contributed by atoms with Crippen molar-refractivity contribution in [2.45, 2.75) is 42.3 Å². The number of halogens is 1. The van der Waals surface area contributed by atoms with Gasteiger partial charge in [0, 0.05) is 53.4 Å². The Morgan fingerprint density at radius 2 is 1.94 bits per heavy atom. The Balaban J connectivity index is 1.35. The first-order chi connectivity index (χ1) is 16.5. The zero-order chi connectivity index (χ0) is 23.2. The lowest BCUT2D eigenvalue weighted by atomic mass is 10.0. The molecule has 0 amide bonds. The molecule has 7 nitrogen and oxygen atoms in total. The van der Waals surface area contributed by atoms with Gasteiger partial charge in [-0.1, -0.05) is 0 Å². The molecule has 1 saturated heterocycles. The number of anilines is 1. The van der Waals surface area contributed by atoms with Crippen LogP contribution >= 0.6 is 11.8 Å². The zero-order valence-electron chi connectivity index (χ0n) is 19.0. The Bertz CT molecular complexity index is 1510. The number of hydrogen-bond donors (Lipinski definition) is 0. The Labute approximate surface area is 200 Å². The molecule has 9 heteroatoms. The molecule has 1 fully saturated rings. The number of benzene rings is 1. The summed E-state index contributed by atoms with van der Waals surface area (Å²) in [4.78, 5) is 8.14. The number of piperidine rings is 1. The molecule has 0 aliphatic carbocycles. The minimum absolute atomic E-state index is 0.207. The topological polar surface area (TPSA) is 64.1 Å². The lowest BCUT2D eigenvalue weighted by Gasteiger charge is -2.35. The van der Waals surface area contributed by atoms with Crippen molar-refractivity contribution in [3.8, 4) is 11.1 Å². The first-order valence-electron chi connectivity index (χ1n) is 11.4. The molecule has 0 spiro atoms. The number of aryl methyl sites for hydroxylation is 1. The van der Waals surface area contributed by atoms with Crippen LogP contribution in [0.15, 0.2) is 65.2 Å². The molecule has 1 aliphatic rings. The van der Waals surface area contributed by atoms with Gasteiger partial charge in [-0.05, 0) is 68.3 Å². The fraction of sp³-hybridized carbons (Fsp3) is 0.280. The van der Waals surface area contributed by atoms with E-state index in [2.05, 4.69) is 39.3 Å². The zero-order valence-corrected chi connectivity index (χ0v) is 19.8. The van der Waals surface area contributed by atoms with E-state index in [4.69, 9.17) is 4.98 Å². The maximum Gasteiger partial charge on any atom is 0.200 e. The molecule has 0 bridgehead atoms. The highest BCUT2D eigenvalue weighted by Gasteiger charge is 2.19. The highest BCUT2D eigenvalue weighted by atomic mass is 32.2. The minimum Gasteiger partial charge on any atom is -0.368 e. The summed E-state index contributed by atoms with van der Waals surface area (Å²) in [5.41, 5.74) is 3.89. The molecule has 1 atom stereocenters. The largest absolute Gasteiger partial charge is 0.368 e. The van der Waals surface area contributed by atoms with Crippen LogP contribution in [0.1, 0.15) is 26.2 Å². The fourth-order valence-corrected chi connectivity index (χ4v) is 5.49. The van der Waals surface area contributed by atoms with Gasteiger partial charge >= 0.3 is 0 Å². The minimum atomic E-state index is -0.413. The summed E-state index contributed by atoms with van der Waals surface area (Å²) in [7, 11) is 1.84. The van der Waals surface area contributed by atoms with Gasteiger partial charge in [0.05, 0.1) is 23.6 Å². The summed E-state index contributed by atoms with van der Waals surface area (Å²) >= 11 is 1.46. The number of pyridine rings is 2. The molecular formula is C25H24FN7S. The van der Waals surface area contributed by atoms with Crippen LogP contribution in [0, 0.1) is 5.82 Å². The first-order valence-corrected chi connectivity index (χ1v) is 12.2. The van der Waals surface area contributed by atoms with Crippen molar-refractivity contribution in [3.05, 3.63) is 60.9 Å². The summed E-state index contributed by atoms with van der Waals surface area (Å²) in [5, 5.41) is 14.2. The third-order valence-electron chi connectivity index (χ3n) is 6.45. The molecule has 1 aromatic carbocycles. The smallest absolute Gasteiger partial charge is 0.200 e. The van der Waals surface area contributed by atoms with Crippen molar-refractivity contribution >= 4 is 34.0 Å². The van der Waals surface area contributed by atoms with Crippen LogP contribution < -0.4 is 4.90 Å². The van der Waals surface area contributed by atoms with Crippen LogP contribution in [0.3, 0.4) is 0 Å². The second-order valence-corrected chi connectivity index (χ2v) is 9.88. The van der Waals surface area contributed by atoms with Gasteiger partial charge < -0.3 is 4.90 Å². The SMILES string of the molecule is C[C@H]1CCCCN1c1cnc2ccc(Sc3nnc4c(F)cc(-c5cnn(C)c5)cn34)cc2c1. The molecule has 4 aromatic heterocycles. The van der Waals surface area contributed by atoms with E-state index in [1.165, 1.54) is 37.1 Å². The monoisotopic (exact) mass is 473 g/mol. The van der Waals surface area contributed by atoms with Crippen molar-refractivity contribution in [3.63, 3.8) is 0 Å². The summed E-state index contributed by atoms with van der Waals surface area (Å²) in [5.74, 6) is -0.413. The van der Waals surface area contributed by atoms with Gasteiger partial charge in [-0.25, -0.2) is 4.39 Å². The van der Waals surface area contributed by atoms with E-state index < -0.39 is 5.82 Å². The molecule has 172 valence electrons.